The zero-order valence-electron chi connectivity index (χ0n) is 10.6. The summed E-state index contributed by atoms with van der Waals surface area (Å²) in [6.45, 7) is 7.13. The topological polar surface area (TPSA) is 12.5 Å². The molecule has 1 aromatic carbocycles. The largest absolute Gasteiger partial charge is 0.496 e. The molecule has 1 aliphatic heterocycles. The minimum absolute atomic E-state index is 0.646. The molecule has 1 fully saturated rings. The highest BCUT2D eigenvalue weighted by Gasteiger charge is 2.21. The number of likely N-dealkylation sites (tertiary alicyclic amines) is 1. The average Bonchev–Trinajstić information content (AvgIpc) is 2.40. The lowest BCUT2D eigenvalue weighted by Crippen LogP contribution is -2.33. The Labute approximate surface area is 104 Å². The van der Waals surface area contributed by atoms with E-state index >= 15 is 0 Å². The standard InChI is InChI=1S/C15H21NO/c1-3-10-16-11-8-13(9-12-16)14-6-4-5-7-15(14)17-2/h3-7,13H,1,8-12H2,2H3. The third-order valence-corrected chi connectivity index (χ3v) is 3.55. The SMILES string of the molecule is C=CCN1CCC(c2ccccc2OC)CC1. The van der Waals surface area contributed by atoms with E-state index in [1.807, 2.05) is 12.1 Å². The van der Waals surface area contributed by atoms with Gasteiger partial charge >= 0.3 is 0 Å². The molecule has 0 N–H and O–H groups in total. The van der Waals surface area contributed by atoms with Gasteiger partial charge in [0, 0.05) is 6.54 Å². The van der Waals surface area contributed by atoms with Crippen LogP contribution < -0.4 is 4.74 Å². The maximum Gasteiger partial charge on any atom is 0.122 e. The normalized spacial score (nSPS) is 17.9. The van der Waals surface area contributed by atoms with Gasteiger partial charge in [0.05, 0.1) is 7.11 Å². The van der Waals surface area contributed by atoms with E-state index in [4.69, 9.17) is 4.74 Å². The van der Waals surface area contributed by atoms with E-state index in [9.17, 15) is 0 Å². The second kappa shape index (κ2) is 5.87. The van der Waals surface area contributed by atoms with E-state index in [-0.39, 0.29) is 0 Å². The molecule has 1 aromatic rings. The second-order valence-corrected chi connectivity index (χ2v) is 4.61. The van der Waals surface area contributed by atoms with Gasteiger partial charge in [-0.2, -0.15) is 0 Å². The molecule has 0 aliphatic carbocycles. The summed E-state index contributed by atoms with van der Waals surface area (Å²) in [5.74, 6) is 1.68. The highest BCUT2D eigenvalue weighted by molar-refractivity contribution is 5.36. The second-order valence-electron chi connectivity index (χ2n) is 4.61. The molecular weight excluding hydrogens is 210 g/mol. The van der Waals surface area contributed by atoms with E-state index in [1.54, 1.807) is 7.11 Å². The molecule has 92 valence electrons. The molecule has 1 aliphatic rings. The maximum absolute atomic E-state index is 5.44. The van der Waals surface area contributed by atoms with Gasteiger partial charge in [-0.1, -0.05) is 24.3 Å². The molecule has 0 radical (unpaired) electrons. The summed E-state index contributed by atoms with van der Waals surface area (Å²) in [5.41, 5.74) is 1.37. The zero-order valence-corrected chi connectivity index (χ0v) is 10.6. The van der Waals surface area contributed by atoms with Crippen molar-refractivity contribution < 1.29 is 4.74 Å². The molecular formula is C15H21NO. The zero-order chi connectivity index (χ0) is 12.1. The highest BCUT2D eigenvalue weighted by Crippen LogP contribution is 2.33. The Bertz CT molecular complexity index is 367. The minimum Gasteiger partial charge on any atom is -0.496 e. The van der Waals surface area contributed by atoms with Gasteiger partial charge < -0.3 is 4.74 Å². The number of rotatable bonds is 4. The first-order valence-electron chi connectivity index (χ1n) is 6.31. The summed E-state index contributed by atoms with van der Waals surface area (Å²) < 4.78 is 5.44. The van der Waals surface area contributed by atoms with Crippen LogP contribution in [0, 0.1) is 0 Å². The molecule has 1 saturated heterocycles. The van der Waals surface area contributed by atoms with Crippen LogP contribution in [0.3, 0.4) is 0 Å². The Balaban J connectivity index is 2.02. The molecule has 2 rings (SSSR count). The fraction of sp³-hybridized carbons (Fsp3) is 0.467. The predicted molar refractivity (Wildman–Crippen MR) is 71.6 cm³/mol. The number of ether oxygens (including phenoxy) is 1. The molecule has 2 nitrogen and oxygen atoms in total. The summed E-state index contributed by atoms with van der Waals surface area (Å²) in [4.78, 5) is 2.46. The number of para-hydroxylation sites is 1. The van der Waals surface area contributed by atoms with Crippen molar-refractivity contribution >= 4 is 0 Å². The third kappa shape index (κ3) is 2.89. The number of hydrogen-bond donors (Lipinski definition) is 0. The molecule has 0 unspecified atom stereocenters. The minimum atomic E-state index is 0.646. The van der Waals surface area contributed by atoms with Crippen LogP contribution in [0.1, 0.15) is 24.3 Å². The Kier molecular flexibility index (Phi) is 4.21. The summed E-state index contributed by atoms with van der Waals surface area (Å²) >= 11 is 0. The fourth-order valence-corrected chi connectivity index (χ4v) is 2.61. The van der Waals surface area contributed by atoms with E-state index in [0.29, 0.717) is 5.92 Å². The van der Waals surface area contributed by atoms with Gasteiger partial charge in [0.1, 0.15) is 5.75 Å². The number of methoxy groups -OCH3 is 1. The van der Waals surface area contributed by atoms with Crippen molar-refractivity contribution in [2.45, 2.75) is 18.8 Å². The van der Waals surface area contributed by atoms with Gasteiger partial charge in [-0.25, -0.2) is 0 Å². The van der Waals surface area contributed by atoms with Gasteiger partial charge in [-0.05, 0) is 43.5 Å². The Morgan fingerprint density at radius 3 is 2.71 bits per heavy atom. The lowest BCUT2D eigenvalue weighted by atomic mass is 9.89. The van der Waals surface area contributed by atoms with Crippen molar-refractivity contribution in [1.82, 2.24) is 4.90 Å². The number of nitrogens with zero attached hydrogens (tertiary/aromatic N) is 1. The molecule has 17 heavy (non-hydrogen) atoms. The lowest BCUT2D eigenvalue weighted by molar-refractivity contribution is 0.230. The molecule has 0 amide bonds. The monoisotopic (exact) mass is 231 g/mol. The van der Waals surface area contributed by atoms with E-state index in [2.05, 4.69) is 29.7 Å². The Hall–Kier alpha value is -1.28. The van der Waals surface area contributed by atoms with Gasteiger partial charge in [-0.15, -0.1) is 6.58 Å². The Morgan fingerprint density at radius 2 is 2.06 bits per heavy atom. The summed E-state index contributed by atoms with van der Waals surface area (Å²) in [6.07, 6.45) is 4.42. The van der Waals surface area contributed by atoms with Crippen LogP contribution >= 0.6 is 0 Å². The van der Waals surface area contributed by atoms with Gasteiger partial charge in [0.25, 0.3) is 0 Å². The molecule has 1 heterocycles. The van der Waals surface area contributed by atoms with Crippen LogP contribution in [0.15, 0.2) is 36.9 Å². The van der Waals surface area contributed by atoms with Gasteiger partial charge in [0.15, 0.2) is 0 Å². The van der Waals surface area contributed by atoms with Crippen LogP contribution in [-0.4, -0.2) is 31.6 Å². The predicted octanol–water partition coefficient (Wildman–Crippen LogP) is 3.06. The quantitative estimate of drug-likeness (QED) is 0.738. The molecule has 0 atom stereocenters. The fourth-order valence-electron chi connectivity index (χ4n) is 2.61. The third-order valence-electron chi connectivity index (χ3n) is 3.55. The maximum atomic E-state index is 5.44. The molecule has 0 aromatic heterocycles. The van der Waals surface area contributed by atoms with Crippen LogP contribution in [0.5, 0.6) is 5.75 Å². The molecule has 0 saturated carbocycles. The smallest absolute Gasteiger partial charge is 0.122 e. The summed E-state index contributed by atoms with van der Waals surface area (Å²) in [5, 5.41) is 0. The van der Waals surface area contributed by atoms with Crippen LogP contribution in [0.2, 0.25) is 0 Å². The molecule has 2 heteroatoms. The number of piperidine rings is 1. The summed E-state index contributed by atoms with van der Waals surface area (Å²) in [6, 6.07) is 8.40. The number of benzene rings is 1. The van der Waals surface area contributed by atoms with Crippen molar-refractivity contribution in [3.05, 3.63) is 42.5 Å². The lowest BCUT2D eigenvalue weighted by Gasteiger charge is -2.31. The van der Waals surface area contributed by atoms with E-state index in [0.717, 1.165) is 25.4 Å². The van der Waals surface area contributed by atoms with E-state index in [1.165, 1.54) is 18.4 Å². The van der Waals surface area contributed by atoms with Crippen LogP contribution in [0.25, 0.3) is 0 Å². The first-order valence-corrected chi connectivity index (χ1v) is 6.31. The van der Waals surface area contributed by atoms with Crippen LogP contribution in [-0.2, 0) is 0 Å². The van der Waals surface area contributed by atoms with Gasteiger partial charge in [-0.3, -0.25) is 4.90 Å². The van der Waals surface area contributed by atoms with Crippen molar-refractivity contribution in [3.63, 3.8) is 0 Å². The first kappa shape index (κ1) is 12.2. The van der Waals surface area contributed by atoms with E-state index < -0.39 is 0 Å². The molecule has 0 spiro atoms. The van der Waals surface area contributed by atoms with Crippen LogP contribution in [0.4, 0.5) is 0 Å². The van der Waals surface area contributed by atoms with Gasteiger partial charge in [0.2, 0.25) is 0 Å². The van der Waals surface area contributed by atoms with Crippen molar-refractivity contribution in [2.75, 3.05) is 26.7 Å². The summed E-state index contributed by atoms with van der Waals surface area (Å²) in [7, 11) is 1.76. The number of hydrogen-bond acceptors (Lipinski definition) is 2. The van der Waals surface area contributed by atoms with Crippen molar-refractivity contribution in [3.8, 4) is 5.75 Å². The van der Waals surface area contributed by atoms with Crippen molar-refractivity contribution in [1.29, 1.82) is 0 Å². The Morgan fingerprint density at radius 1 is 1.35 bits per heavy atom. The average molecular weight is 231 g/mol. The highest BCUT2D eigenvalue weighted by atomic mass is 16.5. The molecule has 0 bridgehead atoms. The first-order chi connectivity index (χ1) is 8.35. The van der Waals surface area contributed by atoms with Crippen molar-refractivity contribution in [2.24, 2.45) is 0 Å².